The van der Waals surface area contributed by atoms with Gasteiger partial charge in [0, 0.05) is 32.2 Å². The van der Waals surface area contributed by atoms with Crippen LogP contribution in [0, 0.1) is 5.82 Å². The molecule has 118 valence electrons. The first-order chi connectivity index (χ1) is 10.1. The predicted octanol–water partition coefficient (Wildman–Crippen LogP) is 1.98. The predicted molar refractivity (Wildman–Crippen MR) is 86.1 cm³/mol. The van der Waals surface area contributed by atoms with Crippen LogP contribution in [0.25, 0.3) is 0 Å². The van der Waals surface area contributed by atoms with Crippen LogP contribution >= 0.6 is 0 Å². The number of nitrogens with zero attached hydrogens (tertiary/aromatic N) is 2. The minimum atomic E-state index is -0.0939. The van der Waals surface area contributed by atoms with Crippen LogP contribution in [0.4, 0.5) is 4.39 Å². The lowest BCUT2D eigenvalue weighted by atomic mass is 10.1. The Kier molecular flexibility index (Phi) is 6.61. The Hall–Kier alpha value is -0.970. The number of hydrogen-bond acceptors (Lipinski definition) is 3. The summed E-state index contributed by atoms with van der Waals surface area (Å²) in [7, 11) is 2.18. The molecule has 1 saturated heterocycles. The third-order valence-electron chi connectivity index (χ3n) is 4.22. The number of likely N-dealkylation sites (N-methyl/N-ethyl adjacent to an activating group) is 1. The molecule has 0 aromatic heterocycles. The summed E-state index contributed by atoms with van der Waals surface area (Å²) < 4.78 is 13.6. The lowest BCUT2D eigenvalue weighted by Crippen LogP contribution is -2.45. The van der Waals surface area contributed by atoms with E-state index >= 15 is 0 Å². The van der Waals surface area contributed by atoms with E-state index in [2.05, 4.69) is 29.1 Å². The summed E-state index contributed by atoms with van der Waals surface area (Å²) in [6, 6.07) is 7.37. The standard InChI is InChI=1S/C17H28FN3/c1-15(14-16-6-3-4-7-17(16)18)19-8-5-9-21-12-10-20(2)11-13-21/h3-4,6-7,15,19H,5,8-14H2,1-2H3. The van der Waals surface area contributed by atoms with E-state index in [1.165, 1.54) is 32.2 Å². The van der Waals surface area contributed by atoms with Crippen molar-refractivity contribution >= 4 is 0 Å². The van der Waals surface area contributed by atoms with Crippen LogP contribution in [0.15, 0.2) is 24.3 Å². The first-order valence-electron chi connectivity index (χ1n) is 8.03. The third-order valence-corrected chi connectivity index (χ3v) is 4.22. The Morgan fingerprint density at radius 1 is 1.19 bits per heavy atom. The van der Waals surface area contributed by atoms with Crippen LogP contribution in [-0.4, -0.2) is 62.2 Å². The van der Waals surface area contributed by atoms with E-state index in [9.17, 15) is 4.39 Å². The molecular formula is C17H28FN3. The van der Waals surface area contributed by atoms with E-state index in [1.807, 2.05) is 12.1 Å². The van der Waals surface area contributed by atoms with Crippen molar-refractivity contribution in [3.63, 3.8) is 0 Å². The molecule has 0 bridgehead atoms. The highest BCUT2D eigenvalue weighted by Gasteiger charge is 2.13. The number of halogens is 1. The van der Waals surface area contributed by atoms with Gasteiger partial charge in [0.25, 0.3) is 0 Å². The highest BCUT2D eigenvalue weighted by molar-refractivity contribution is 5.18. The number of hydrogen-bond donors (Lipinski definition) is 1. The molecule has 1 heterocycles. The molecule has 0 saturated carbocycles. The van der Waals surface area contributed by atoms with Crippen molar-refractivity contribution in [2.24, 2.45) is 0 Å². The molecule has 1 aliphatic rings. The van der Waals surface area contributed by atoms with Crippen LogP contribution in [0.3, 0.4) is 0 Å². The molecule has 3 nitrogen and oxygen atoms in total. The molecule has 1 aromatic carbocycles. The zero-order valence-electron chi connectivity index (χ0n) is 13.3. The summed E-state index contributed by atoms with van der Waals surface area (Å²) in [6.07, 6.45) is 1.91. The Balaban J connectivity index is 1.59. The number of benzene rings is 1. The maximum atomic E-state index is 13.6. The van der Waals surface area contributed by atoms with Crippen molar-refractivity contribution in [3.8, 4) is 0 Å². The van der Waals surface area contributed by atoms with E-state index in [4.69, 9.17) is 0 Å². The van der Waals surface area contributed by atoms with Crippen LogP contribution in [0.1, 0.15) is 18.9 Å². The summed E-state index contributed by atoms with van der Waals surface area (Å²) in [4.78, 5) is 4.91. The maximum absolute atomic E-state index is 13.6. The van der Waals surface area contributed by atoms with Crippen molar-refractivity contribution in [1.29, 1.82) is 0 Å². The molecule has 21 heavy (non-hydrogen) atoms. The van der Waals surface area contributed by atoms with Crippen LogP contribution in [0.5, 0.6) is 0 Å². The minimum absolute atomic E-state index is 0.0939. The van der Waals surface area contributed by atoms with Crippen molar-refractivity contribution < 1.29 is 4.39 Å². The second-order valence-corrected chi connectivity index (χ2v) is 6.15. The summed E-state index contributed by atoms with van der Waals surface area (Å²) in [5.74, 6) is -0.0939. The van der Waals surface area contributed by atoms with Crippen LogP contribution in [0.2, 0.25) is 0 Å². The van der Waals surface area contributed by atoms with E-state index in [0.29, 0.717) is 6.04 Å². The van der Waals surface area contributed by atoms with Gasteiger partial charge in [-0.15, -0.1) is 0 Å². The topological polar surface area (TPSA) is 18.5 Å². The van der Waals surface area contributed by atoms with Gasteiger partial charge in [0.2, 0.25) is 0 Å². The second-order valence-electron chi connectivity index (χ2n) is 6.15. The van der Waals surface area contributed by atoms with Gasteiger partial charge in [-0.3, -0.25) is 0 Å². The van der Waals surface area contributed by atoms with Crippen molar-refractivity contribution in [1.82, 2.24) is 15.1 Å². The van der Waals surface area contributed by atoms with Gasteiger partial charge in [-0.2, -0.15) is 0 Å². The fourth-order valence-corrected chi connectivity index (χ4v) is 2.79. The SMILES string of the molecule is CC(Cc1ccccc1F)NCCCN1CCN(C)CC1. The van der Waals surface area contributed by atoms with Crippen molar-refractivity contribution in [2.75, 3.05) is 46.3 Å². The molecule has 1 atom stereocenters. The molecule has 0 spiro atoms. The van der Waals surface area contributed by atoms with Gasteiger partial charge in [-0.25, -0.2) is 4.39 Å². The summed E-state index contributed by atoms with van der Waals surface area (Å²) in [5, 5.41) is 3.50. The Morgan fingerprint density at radius 3 is 2.62 bits per heavy atom. The van der Waals surface area contributed by atoms with Crippen LogP contribution in [-0.2, 0) is 6.42 Å². The van der Waals surface area contributed by atoms with Gasteiger partial charge >= 0.3 is 0 Å². The molecule has 2 rings (SSSR count). The summed E-state index contributed by atoms with van der Waals surface area (Å²) >= 11 is 0. The normalized spacial score (nSPS) is 18.8. The largest absolute Gasteiger partial charge is 0.314 e. The molecule has 4 heteroatoms. The summed E-state index contributed by atoms with van der Waals surface area (Å²) in [6.45, 7) is 9.01. The molecule has 1 aliphatic heterocycles. The smallest absolute Gasteiger partial charge is 0.126 e. The minimum Gasteiger partial charge on any atom is -0.314 e. The third kappa shape index (κ3) is 5.73. The molecule has 1 unspecified atom stereocenters. The first-order valence-corrected chi connectivity index (χ1v) is 8.03. The Labute approximate surface area is 128 Å². The summed E-state index contributed by atoms with van der Waals surface area (Å²) in [5.41, 5.74) is 0.802. The maximum Gasteiger partial charge on any atom is 0.126 e. The van der Waals surface area contributed by atoms with Gasteiger partial charge in [-0.1, -0.05) is 18.2 Å². The van der Waals surface area contributed by atoms with Crippen molar-refractivity contribution in [3.05, 3.63) is 35.6 Å². The Morgan fingerprint density at radius 2 is 1.90 bits per heavy atom. The van der Waals surface area contributed by atoms with Gasteiger partial charge in [0.15, 0.2) is 0 Å². The number of rotatable bonds is 7. The monoisotopic (exact) mass is 293 g/mol. The second kappa shape index (κ2) is 8.47. The lowest BCUT2D eigenvalue weighted by molar-refractivity contribution is 0.152. The van der Waals surface area contributed by atoms with E-state index in [-0.39, 0.29) is 5.82 Å². The zero-order valence-corrected chi connectivity index (χ0v) is 13.3. The van der Waals surface area contributed by atoms with Gasteiger partial charge < -0.3 is 15.1 Å². The quantitative estimate of drug-likeness (QED) is 0.776. The highest BCUT2D eigenvalue weighted by atomic mass is 19.1. The first kappa shape index (κ1) is 16.4. The molecule has 0 radical (unpaired) electrons. The van der Waals surface area contributed by atoms with Crippen molar-refractivity contribution in [2.45, 2.75) is 25.8 Å². The van der Waals surface area contributed by atoms with E-state index in [1.54, 1.807) is 6.07 Å². The lowest BCUT2D eigenvalue weighted by Gasteiger charge is -2.32. The molecule has 0 amide bonds. The van der Waals surface area contributed by atoms with Crippen LogP contribution < -0.4 is 5.32 Å². The molecule has 1 fully saturated rings. The van der Waals surface area contributed by atoms with E-state index in [0.717, 1.165) is 31.5 Å². The molecule has 1 N–H and O–H groups in total. The van der Waals surface area contributed by atoms with Gasteiger partial charge in [-0.05, 0) is 51.5 Å². The fraction of sp³-hybridized carbons (Fsp3) is 0.647. The molecular weight excluding hydrogens is 265 g/mol. The van der Waals surface area contributed by atoms with E-state index < -0.39 is 0 Å². The average Bonchev–Trinajstić information content (AvgIpc) is 2.48. The zero-order chi connectivity index (χ0) is 15.1. The molecule has 0 aliphatic carbocycles. The van der Waals surface area contributed by atoms with Gasteiger partial charge in [0.1, 0.15) is 5.82 Å². The Bertz CT molecular complexity index is 416. The number of piperazine rings is 1. The van der Waals surface area contributed by atoms with Gasteiger partial charge in [0.05, 0.1) is 0 Å². The highest BCUT2D eigenvalue weighted by Crippen LogP contribution is 2.09. The molecule has 1 aromatic rings. The average molecular weight is 293 g/mol. The fourth-order valence-electron chi connectivity index (χ4n) is 2.79. The number of nitrogens with one attached hydrogen (secondary N) is 1.